The third-order valence-corrected chi connectivity index (χ3v) is 2.63. The number of aliphatic hydroxyl groups excluding tert-OH is 1. The minimum Gasteiger partial charge on any atom is -0.383 e. The van der Waals surface area contributed by atoms with Crippen molar-refractivity contribution in [1.82, 2.24) is 0 Å². The largest absolute Gasteiger partial charge is 0.383 e. The molecule has 0 unspecified atom stereocenters. The lowest BCUT2D eigenvalue weighted by Gasteiger charge is -2.31. The maximum absolute atomic E-state index is 13.8. The average molecular weight is 245 g/mol. The molecule has 0 spiro atoms. The van der Waals surface area contributed by atoms with E-state index < -0.39 is 29.5 Å². The summed E-state index contributed by atoms with van der Waals surface area (Å²) in [7, 11) is 0. The first kappa shape index (κ1) is 13.7. The van der Waals surface area contributed by atoms with Crippen molar-refractivity contribution < 1.29 is 18.3 Å². The zero-order valence-corrected chi connectivity index (χ0v) is 9.33. The maximum Gasteiger partial charge on any atom is 0.154 e. The topological polar surface area (TPSA) is 46.2 Å². The van der Waals surface area contributed by atoms with Crippen LogP contribution in [0.3, 0.4) is 0 Å². The zero-order valence-electron chi connectivity index (χ0n) is 9.33. The van der Waals surface area contributed by atoms with Crippen molar-refractivity contribution in [2.24, 2.45) is 5.73 Å². The van der Waals surface area contributed by atoms with Gasteiger partial charge in [0.1, 0.15) is 17.7 Å². The Bertz CT molecular complexity index is 420. The van der Waals surface area contributed by atoms with Crippen LogP contribution in [0.1, 0.15) is 12.5 Å². The van der Waals surface area contributed by atoms with E-state index in [0.717, 1.165) is 6.07 Å². The molecule has 0 aliphatic carbocycles. The van der Waals surface area contributed by atoms with E-state index in [1.165, 1.54) is 25.1 Å². The number of hydrogen-bond donors (Lipinski definition) is 2. The summed E-state index contributed by atoms with van der Waals surface area (Å²) < 4.78 is 40.0. The lowest BCUT2D eigenvalue weighted by molar-refractivity contribution is 0.0417. The number of halogens is 3. The van der Waals surface area contributed by atoms with Gasteiger partial charge < -0.3 is 10.8 Å². The van der Waals surface area contributed by atoms with Gasteiger partial charge in [0.05, 0.1) is 5.54 Å². The quantitative estimate of drug-likeness (QED) is 0.854. The van der Waals surface area contributed by atoms with Gasteiger partial charge in [-0.15, -0.1) is 0 Å². The molecule has 0 radical (unpaired) electrons. The van der Waals surface area contributed by atoms with Crippen molar-refractivity contribution in [3.05, 3.63) is 48.1 Å². The molecule has 0 aliphatic heterocycles. The third-order valence-electron chi connectivity index (χ3n) is 2.63. The third kappa shape index (κ3) is 2.68. The van der Waals surface area contributed by atoms with Gasteiger partial charge in [-0.1, -0.05) is 24.8 Å². The number of benzene rings is 1. The van der Waals surface area contributed by atoms with Crippen molar-refractivity contribution in [3.63, 3.8) is 0 Å². The lowest BCUT2D eigenvalue weighted by Crippen LogP contribution is -2.49. The molecule has 0 fully saturated rings. The number of hydrogen-bond acceptors (Lipinski definition) is 2. The molecule has 3 N–H and O–H groups in total. The monoisotopic (exact) mass is 245 g/mol. The first-order chi connectivity index (χ1) is 7.78. The summed E-state index contributed by atoms with van der Waals surface area (Å²) in [6.07, 6.45) is -4.28. The Hall–Kier alpha value is -1.33. The van der Waals surface area contributed by atoms with Gasteiger partial charge in [0.25, 0.3) is 0 Å². The molecule has 0 heterocycles. The van der Waals surface area contributed by atoms with Crippen LogP contribution >= 0.6 is 0 Å². The molecule has 1 rings (SSSR count). The molecule has 1 aromatic carbocycles. The van der Waals surface area contributed by atoms with E-state index in [4.69, 9.17) is 5.73 Å². The number of alkyl halides is 1. The molecule has 1 aromatic rings. The van der Waals surface area contributed by atoms with Crippen LogP contribution in [0.4, 0.5) is 13.2 Å². The predicted octanol–water partition coefficient (Wildman–Crippen LogP) is 2.18. The van der Waals surface area contributed by atoms with Gasteiger partial charge in [-0.3, -0.25) is 0 Å². The molecule has 0 saturated heterocycles. The number of aliphatic hydroxyl groups is 1. The second kappa shape index (κ2) is 4.89. The fraction of sp³-hybridized carbons (Fsp3) is 0.333. The van der Waals surface area contributed by atoms with Crippen LogP contribution in [0.15, 0.2) is 36.7 Å². The summed E-state index contributed by atoms with van der Waals surface area (Å²) in [4.78, 5) is 0. The predicted molar refractivity (Wildman–Crippen MR) is 59.1 cm³/mol. The SMILES string of the molecule is C=C(F)[C@@H](O)[C@H](F)[C@](C)(N)c1ccccc1F. The van der Waals surface area contributed by atoms with Gasteiger partial charge in [0, 0.05) is 5.56 Å². The van der Waals surface area contributed by atoms with Crippen LogP contribution in [-0.4, -0.2) is 17.4 Å². The molecule has 0 bridgehead atoms. The Morgan fingerprint density at radius 1 is 1.47 bits per heavy atom. The molecule has 17 heavy (non-hydrogen) atoms. The highest BCUT2D eigenvalue weighted by Gasteiger charge is 2.40. The molecule has 5 heteroatoms. The summed E-state index contributed by atoms with van der Waals surface area (Å²) in [5.41, 5.74) is 3.66. The van der Waals surface area contributed by atoms with E-state index in [2.05, 4.69) is 6.58 Å². The molecular formula is C12H14F3NO. The van der Waals surface area contributed by atoms with Crippen molar-refractivity contribution in [1.29, 1.82) is 0 Å². The van der Waals surface area contributed by atoms with Gasteiger partial charge >= 0.3 is 0 Å². The first-order valence-electron chi connectivity index (χ1n) is 4.98. The van der Waals surface area contributed by atoms with Crippen LogP contribution in [0.2, 0.25) is 0 Å². The second-order valence-electron chi connectivity index (χ2n) is 4.06. The fourth-order valence-electron chi connectivity index (χ4n) is 1.53. The Morgan fingerprint density at radius 2 is 2.00 bits per heavy atom. The van der Waals surface area contributed by atoms with Crippen molar-refractivity contribution in [3.8, 4) is 0 Å². The van der Waals surface area contributed by atoms with E-state index in [0.29, 0.717) is 0 Å². The van der Waals surface area contributed by atoms with Crippen molar-refractivity contribution in [2.45, 2.75) is 24.7 Å². The van der Waals surface area contributed by atoms with Gasteiger partial charge in [-0.05, 0) is 13.0 Å². The summed E-state index contributed by atoms with van der Waals surface area (Å²) in [6, 6.07) is 5.30. The van der Waals surface area contributed by atoms with Gasteiger partial charge in [-0.25, -0.2) is 13.2 Å². The Labute approximate surface area is 97.6 Å². The Kier molecular flexibility index (Phi) is 3.95. The average Bonchev–Trinajstić information content (AvgIpc) is 2.27. The molecule has 2 nitrogen and oxygen atoms in total. The first-order valence-corrected chi connectivity index (χ1v) is 4.98. The highest BCUT2D eigenvalue weighted by Crippen LogP contribution is 2.30. The molecule has 0 aliphatic rings. The van der Waals surface area contributed by atoms with Crippen LogP contribution < -0.4 is 5.73 Å². The summed E-state index contributed by atoms with van der Waals surface area (Å²) in [5.74, 6) is -1.96. The van der Waals surface area contributed by atoms with Gasteiger partial charge in [0.2, 0.25) is 0 Å². The van der Waals surface area contributed by atoms with Crippen LogP contribution in [0.25, 0.3) is 0 Å². The van der Waals surface area contributed by atoms with Gasteiger partial charge in [0.15, 0.2) is 6.17 Å². The van der Waals surface area contributed by atoms with Crippen LogP contribution in [-0.2, 0) is 5.54 Å². The molecule has 0 amide bonds. The van der Waals surface area contributed by atoms with E-state index in [-0.39, 0.29) is 5.56 Å². The van der Waals surface area contributed by atoms with Crippen LogP contribution in [0, 0.1) is 5.82 Å². The molecule has 0 aromatic heterocycles. The standard InChI is InChI=1S/C12H14F3NO/c1-7(13)10(17)11(15)12(2,16)8-5-3-4-6-9(8)14/h3-6,10-11,17H,1,16H2,2H3/t10-,11+,12-/m1/s1. The lowest BCUT2D eigenvalue weighted by atomic mass is 9.85. The van der Waals surface area contributed by atoms with Crippen LogP contribution in [0.5, 0.6) is 0 Å². The van der Waals surface area contributed by atoms with E-state index in [9.17, 15) is 18.3 Å². The maximum atomic E-state index is 13.8. The zero-order chi connectivity index (χ0) is 13.2. The summed E-state index contributed by atoms with van der Waals surface area (Å²) in [6.45, 7) is 3.98. The number of nitrogens with two attached hydrogens (primary N) is 1. The van der Waals surface area contributed by atoms with Gasteiger partial charge in [-0.2, -0.15) is 0 Å². The second-order valence-corrected chi connectivity index (χ2v) is 4.06. The minimum absolute atomic E-state index is 0.132. The smallest absolute Gasteiger partial charge is 0.154 e. The van der Waals surface area contributed by atoms with Crippen molar-refractivity contribution >= 4 is 0 Å². The van der Waals surface area contributed by atoms with Crippen molar-refractivity contribution in [2.75, 3.05) is 0 Å². The molecule has 0 saturated carbocycles. The highest BCUT2D eigenvalue weighted by molar-refractivity contribution is 5.27. The molecular weight excluding hydrogens is 231 g/mol. The molecule has 94 valence electrons. The summed E-state index contributed by atoms with van der Waals surface area (Å²) in [5, 5.41) is 9.23. The van der Waals surface area contributed by atoms with E-state index >= 15 is 0 Å². The van der Waals surface area contributed by atoms with E-state index in [1.807, 2.05) is 0 Å². The van der Waals surface area contributed by atoms with E-state index in [1.54, 1.807) is 0 Å². The fourth-order valence-corrected chi connectivity index (χ4v) is 1.53. The number of rotatable bonds is 4. The highest BCUT2D eigenvalue weighted by atomic mass is 19.1. The normalized spacial score (nSPS) is 18.2. The summed E-state index contributed by atoms with van der Waals surface area (Å²) >= 11 is 0. The Morgan fingerprint density at radius 3 is 2.47 bits per heavy atom. The molecule has 3 atom stereocenters. The minimum atomic E-state index is -2.20. The Balaban J connectivity index is 3.11.